The Hall–Kier alpha value is -4.44. The van der Waals surface area contributed by atoms with Crippen LogP contribution in [0.15, 0.2) is 95.9 Å². The zero-order chi connectivity index (χ0) is 24.1. The summed E-state index contributed by atoms with van der Waals surface area (Å²) in [5, 5.41) is 6.73. The van der Waals surface area contributed by atoms with Gasteiger partial charge in [0.15, 0.2) is 0 Å². The lowest BCUT2D eigenvalue weighted by Crippen LogP contribution is -2.41. The van der Waals surface area contributed by atoms with Crippen molar-refractivity contribution < 1.29 is 18.0 Å². The first-order valence-corrected chi connectivity index (χ1v) is 11.7. The number of rotatable bonds is 6. The number of H-pyrrole nitrogens is 1. The second-order valence-electron chi connectivity index (χ2n) is 7.28. The van der Waals surface area contributed by atoms with Gasteiger partial charge < -0.3 is 0 Å². The maximum atomic E-state index is 13.0. The zero-order valence-electron chi connectivity index (χ0n) is 18.1. The third-order valence-electron chi connectivity index (χ3n) is 5.06. The molecule has 172 valence electrons. The van der Waals surface area contributed by atoms with E-state index < -0.39 is 21.8 Å². The molecule has 0 unspecified atom stereocenters. The molecule has 0 aliphatic rings. The Morgan fingerprint density at radius 1 is 0.824 bits per heavy atom. The summed E-state index contributed by atoms with van der Waals surface area (Å²) in [5.74, 6) is -1.27. The molecule has 2 amide bonds. The van der Waals surface area contributed by atoms with Crippen molar-refractivity contribution in [1.82, 2.24) is 21.0 Å². The predicted molar refractivity (Wildman–Crippen MR) is 127 cm³/mol. The summed E-state index contributed by atoms with van der Waals surface area (Å²) in [5.41, 5.74) is 6.71. The van der Waals surface area contributed by atoms with Crippen LogP contribution in [0.4, 0.5) is 5.69 Å². The fraction of sp³-hybridized carbons (Fsp3) is 0.0417. The maximum absolute atomic E-state index is 13.0. The van der Waals surface area contributed by atoms with Crippen molar-refractivity contribution in [2.45, 2.75) is 4.90 Å². The van der Waals surface area contributed by atoms with Crippen molar-refractivity contribution in [2.75, 3.05) is 11.4 Å². The van der Waals surface area contributed by atoms with Gasteiger partial charge in [0.2, 0.25) is 0 Å². The second kappa shape index (κ2) is 9.59. The van der Waals surface area contributed by atoms with Crippen LogP contribution in [0.1, 0.15) is 20.8 Å². The lowest BCUT2D eigenvalue weighted by atomic mass is 10.1. The number of carbonyl (C=O) groups is 2. The molecule has 0 atom stereocenters. The molecule has 9 nitrogen and oxygen atoms in total. The van der Waals surface area contributed by atoms with E-state index in [9.17, 15) is 18.0 Å². The minimum atomic E-state index is -3.89. The molecule has 0 bridgehead atoms. The Morgan fingerprint density at radius 2 is 1.47 bits per heavy atom. The molecule has 0 saturated carbocycles. The highest BCUT2D eigenvalue weighted by Crippen LogP contribution is 2.22. The average Bonchev–Trinajstić information content (AvgIpc) is 3.38. The number of benzene rings is 3. The van der Waals surface area contributed by atoms with Crippen LogP contribution < -0.4 is 15.2 Å². The molecule has 1 heterocycles. The number of anilines is 1. The Labute approximate surface area is 196 Å². The molecule has 3 N–H and O–H groups in total. The number of amides is 2. The highest BCUT2D eigenvalue weighted by molar-refractivity contribution is 7.92. The van der Waals surface area contributed by atoms with Crippen molar-refractivity contribution in [3.05, 3.63) is 102 Å². The molecule has 0 saturated heterocycles. The molecular weight excluding hydrogens is 454 g/mol. The van der Waals surface area contributed by atoms with Crippen LogP contribution in [0.5, 0.6) is 0 Å². The van der Waals surface area contributed by atoms with Gasteiger partial charge in [-0.05, 0) is 36.4 Å². The number of sulfonamides is 1. The van der Waals surface area contributed by atoms with Gasteiger partial charge in [-0.2, -0.15) is 5.10 Å². The summed E-state index contributed by atoms with van der Waals surface area (Å²) in [6.45, 7) is 0. The van der Waals surface area contributed by atoms with Crippen LogP contribution in [0.3, 0.4) is 0 Å². The van der Waals surface area contributed by atoms with E-state index in [4.69, 9.17) is 0 Å². The van der Waals surface area contributed by atoms with E-state index >= 15 is 0 Å². The lowest BCUT2D eigenvalue weighted by Gasteiger charge is -2.19. The van der Waals surface area contributed by atoms with Crippen molar-refractivity contribution in [1.29, 1.82) is 0 Å². The van der Waals surface area contributed by atoms with Crippen LogP contribution in [0.2, 0.25) is 0 Å². The number of hydrazine groups is 1. The molecule has 4 aromatic rings. The van der Waals surface area contributed by atoms with E-state index in [1.165, 1.54) is 31.3 Å². The third kappa shape index (κ3) is 4.81. The number of nitrogens with zero attached hydrogens (tertiary/aromatic N) is 2. The van der Waals surface area contributed by atoms with Crippen LogP contribution in [-0.4, -0.2) is 37.5 Å². The highest BCUT2D eigenvalue weighted by Gasteiger charge is 2.22. The summed E-state index contributed by atoms with van der Waals surface area (Å²) >= 11 is 0. The minimum Gasteiger partial charge on any atom is -0.272 e. The number of aromatic amines is 1. The van der Waals surface area contributed by atoms with Crippen molar-refractivity contribution in [2.24, 2.45) is 0 Å². The number of nitrogens with one attached hydrogen (secondary N) is 3. The van der Waals surface area contributed by atoms with Gasteiger partial charge >= 0.3 is 0 Å². The van der Waals surface area contributed by atoms with Gasteiger partial charge in [-0.1, -0.05) is 54.6 Å². The Morgan fingerprint density at radius 3 is 2.18 bits per heavy atom. The van der Waals surface area contributed by atoms with Crippen LogP contribution in [0.25, 0.3) is 11.3 Å². The standard InChI is InChI=1S/C24H21N5O4S/c1-29(19-12-6-3-7-13-19)34(32,33)20-14-8-11-18(15-20)23(30)27-28-24(31)22-16-21(25-26-22)17-9-4-2-5-10-17/h2-16H,1H3,(H,25,26)(H,27,30)(H,28,31). The van der Waals surface area contributed by atoms with E-state index in [1.807, 2.05) is 30.3 Å². The Balaban J connectivity index is 1.44. The van der Waals surface area contributed by atoms with Gasteiger partial charge in [-0.15, -0.1) is 0 Å². The molecule has 0 aliphatic carbocycles. The predicted octanol–water partition coefficient (Wildman–Crippen LogP) is 2.98. The molecule has 1 aromatic heterocycles. The van der Waals surface area contributed by atoms with E-state index in [0.717, 1.165) is 9.87 Å². The molecular formula is C24H21N5O4S. The van der Waals surface area contributed by atoms with Gasteiger partial charge in [0, 0.05) is 18.2 Å². The molecule has 0 aliphatic heterocycles. The highest BCUT2D eigenvalue weighted by atomic mass is 32.2. The maximum Gasteiger partial charge on any atom is 0.287 e. The number of hydrogen-bond acceptors (Lipinski definition) is 5. The normalized spacial score (nSPS) is 11.0. The van der Waals surface area contributed by atoms with Gasteiger partial charge in [0.1, 0.15) is 5.69 Å². The number of hydrogen-bond donors (Lipinski definition) is 3. The molecule has 0 spiro atoms. The van der Waals surface area contributed by atoms with Crippen molar-refractivity contribution >= 4 is 27.5 Å². The zero-order valence-corrected chi connectivity index (χ0v) is 18.9. The third-order valence-corrected chi connectivity index (χ3v) is 6.84. The molecule has 34 heavy (non-hydrogen) atoms. The Kier molecular flexibility index (Phi) is 6.42. The number of para-hydroxylation sites is 1. The minimum absolute atomic E-state index is 0.0566. The first kappa shape index (κ1) is 22.7. The largest absolute Gasteiger partial charge is 0.287 e. The monoisotopic (exact) mass is 475 g/mol. The van der Waals surface area contributed by atoms with Crippen LogP contribution >= 0.6 is 0 Å². The topological polar surface area (TPSA) is 124 Å². The first-order valence-electron chi connectivity index (χ1n) is 10.2. The van der Waals surface area contributed by atoms with E-state index in [1.54, 1.807) is 36.4 Å². The second-order valence-corrected chi connectivity index (χ2v) is 9.25. The Bertz CT molecular complexity index is 1420. The summed E-state index contributed by atoms with van der Waals surface area (Å²) in [6.07, 6.45) is 0. The SMILES string of the molecule is CN(c1ccccc1)S(=O)(=O)c1cccc(C(=O)NNC(=O)c2cc(-c3ccccc3)n[nH]2)c1. The van der Waals surface area contributed by atoms with Crippen LogP contribution in [0, 0.1) is 0 Å². The fourth-order valence-corrected chi connectivity index (χ4v) is 4.42. The number of carbonyl (C=O) groups excluding carboxylic acids is 2. The van der Waals surface area contributed by atoms with E-state index in [2.05, 4.69) is 21.0 Å². The van der Waals surface area contributed by atoms with Crippen molar-refractivity contribution in [3.8, 4) is 11.3 Å². The molecule has 4 rings (SSSR count). The van der Waals surface area contributed by atoms with Crippen LogP contribution in [-0.2, 0) is 10.0 Å². The first-order chi connectivity index (χ1) is 16.4. The van der Waals surface area contributed by atoms with E-state index in [-0.39, 0.29) is 16.2 Å². The smallest absolute Gasteiger partial charge is 0.272 e. The van der Waals surface area contributed by atoms with Gasteiger partial charge in [-0.25, -0.2) is 8.42 Å². The van der Waals surface area contributed by atoms with E-state index in [0.29, 0.717) is 11.4 Å². The lowest BCUT2D eigenvalue weighted by molar-refractivity contribution is 0.0844. The van der Waals surface area contributed by atoms with Crippen molar-refractivity contribution in [3.63, 3.8) is 0 Å². The summed E-state index contributed by atoms with van der Waals surface area (Å²) in [6, 6.07) is 25.0. The number of aromatic nitrogens is 2. The molecule has 10 heteroatoms. The fourth-order valence-electron chi connectivity index (χ4n) is 3.18. The van der Waals surface area contributed by atoms with Gasteiger partial charge in [0.25, 0.3) is 21.8 Å². The van der Waals surface area contributed by atoms with Gasteiger partial charge in [0.05, 0.1) is 16.3 Å². The molecule has 0 radical (unpaired) electrons. The molecule has 3 aromatic carbocycles. The summed E-state index contributed by atoms with van der Waals surface area (Å²) < 4.78 is 27.1. The summed E-state index contributed by atoms with van der Waals surface area (Å²) in [7, 11) is -2.46. The summed E-state index contributed by atoms with van der Waals surface area (Å²) in [4.78, 5) is 24.9. The van der Waals surface area contributed by atoms with Gasteiger partial charge in [-0.3, -0.25) is 29.8 Å². The molecule has 0 fully saturated rings. The average molecular weight is 476 g/mol. The quantitative estimate of drug-likeness (QED) is 0.370.